The van der Waals surface area contributed by atoms with Crippen LogP contribution < -0.4 is 10.1 Å². The van der Waals surface area contributed by atoms with Gasteiger partial charge in [-0.1, -0.05) is 18.2 Å². The van der Waals surface area contributed by atoms with E-state index in [1.807, 2.05) is 45.0 Å². The van der Waals surface area contributed by atoms with Gasteiger partial charge in [-0.3, -0.25) is 0 Å². The zero-order valence-electron chi connectivity index (χ0n) is 11.6. The number of benzene rings is 1. The number of urea groups is 1. The van der Waals surface area contributed by atoms with E-state index in [1.54, 1.807) is 11.9 Å². The molecular formula is C14H22N2O2. The van der Waals surface area contributed by atoms with Gasteiger partial charge in [0.15, 0.2) is 0 Å². The van der Waals surface area contributed by atoms with Crippen LogP contribution in [0, 0.1) is 6.92 Å². The molecule has 0 spiro atoms. The average Bonchev–Trinajstić information content (AvgIpc) is 2.30. The molecule has 1 aromatic rings. The molecule has 0 fully saturated rings. The van der Waals surface area contributed by atoms with Gasteiger partial charge < -0.3 is 15.0 Å². The van der Waals surface area contributed by atoms with E-state index in [9.17, 15) is 4.79 Å². The fourth-order valence-corrected chi connectivity index (χ4v) is 1.47. The Bertz CT molecular complexity index is 391. The quantitative estimate of drug-likeness (QED) is 0.872. The normalized spacial score (nSPS) is 10.3. The molecular weight excluding hydrogens is 228 g/mol. The summed E-state index contributed by atoms with van der Waals surface area (Å²) >= 11 is 0. The summed E-state index contributed by atoms with van der Waals surface area (Å²) in [5, 5.41) is 2.83. The van der Waals surface area contributed by atoms with E-state index in [-0.39, 0.29) is 12.1 Å². The molecule has 1 rings (SSSR count). The van der Waals surface area contributed by atoms with Crippen LogP contribution in [0.3, 0.4) is 0 Å². The summed E-state index contributed by atoms with van der Waals surface area (Å²) in [7, 11) is 1.76. The molecule has 0 aliphatic rings. The van der Waals surface area contributed by atoms with Crippen LogP contribution in [0.25, 0.3) is 0 Å². The summed E-state index contributed by atoms with van der Waals surface area (Å²) in [6.45, 7) is 6.94. The molecule has 4 nitrogen and oxygen atoms in total. The summed E-state index contributed by atoms with van der Waals surface area (Å²) in [6, 6.07) is 7.94. The standard InChI is InChI=1S/C14H22N2O2/c1-11(2)15-14(17)16(4)9-10-18-13-8-6-5-7-12(13)3/h5-8,11H,9-10H2,1-4H3,(H,15,17). The maximum atomic E-state index is 11.6. The lowest BCUT2D eigenvalue weighted by molar-refractivity contribution is 0.193. The molecule has 0 heterocycles. The van der Waals surface area contributed by atoms with Gasteiger partial charge >= 0.3 is 6.03 Å². The van der Waals surface area contributed by atoms with Crippen molar-refractivity contribution >= 4 is 6.03 Å². The maximum absolute atomic E-state index is 11.6. The van der Waals surface area contributed by atoms with E-state index in [2.05, 4.69) is 5.32 Å². The zero-order valence-corrected chi connectivity index (χ0v) is 11.6. The Morgan fingerprint density at radius 3 is 2.67 bits per heavy atom. The van der Waals surface area contributed by atoms with Gasteiger partial charge in [-0.2, -0.15) is 0 Å². The molecule has 1 aromatic carbocycles. The van der Waals surface area contributed by atoms with Crippen molar-refractivity contribution in [2.75, 3.05) is 20.2 Å². The van der Waals surface area contributed by atoms with Gasteiger partial charge in [0, 0.05) is 13.1 Å². The van der Waals surface area contributed by atoms with Gasteiger partial charge in [-0.25, -0.2) is 4.79 Å². The molecule has 0 aliphatic heterocycles. The van der Waals surface area contributed by atoms with E-state index in [0.717, 1.165) is 11.3 Å². The number of carbonyl (C=O) groups is 1. The molecule has 18 heavy (non-hydrogen) atoms. The number of likely N-dealkylation sites (N-methyl/N-ethyl adjacent to an activating group) is 1. The summed E-state index contributed by atoms with van der Waals surface area (Å²) < 4.78 is 5.64. The maximum Gasteiger partial charge on any atom is 0.317 e. The Morgan fingerprint density at radius 2 is 2.06 bits per heavy atom. The first kappa shape index (κ1) is 14.4. The van der Waals surface area contributed by atoms with Crippen molar-refractivity contribution in [3.8, 4) is 5.75 Å². The van der Waals surface area contributed by atoms with E-state index in [0.29, 0.717) is 13.2 Å². The Morgan fingerprint density at radius 1 is 1.39 bits per heavy atom. The summed E-state index contributed by atoms with van der Waals surface area (Å²) in [5.74, 6) is 0.871. The molecule has 100 valence electrons. The smallest absolute Gasteiger partial charge is 0.317 e. The highest BCUT2D eigenvalue weighted by Crippen LogP contribution is 2.15. The third-order valence-corrected chi connectivity index (χ3v) is 2.54. The number of nitrogens with one attached hydrogen (secondary N) is 1. The number of amides is 2. The second-order valence-corrected chi connectivity index (χ2v) is 4.64. The minimum atomic E-state index is -0.0709. The highest BCUT2D eigenvalue weighted by Gasteiger charge is 2.09. The van der Waals surface area contributed by atoms with Crippen LogP contribution >= 0.6 is 0 Å². The van der Waals surface area contributed by atoms with Gasteiger partial charge in [0.1, 0.15) is 12.4 Å². The highest BCUT2D eigenvalue weighted by molar-refractivity contribution is 5.74. The lowest BCUT2D eigenvalue weighted by atomic mass is 10.2. The number of nitrogens with zero attached hydrogens (tertiary/aromatic N) is 1. The van der Waals surface area contributed by atoms with Crippen molar-refractivity contribution in [2.24, 2.45) is 0 Å². The molecule has 0 radical (unpaired) electrons. The van der Waals surface area contributed by atoms with Crippen molar-refractivity contribution in [3.63, 3.8) is 0 Å². The molecule has 1 N–H and O–H groups in total. The minimum Gasteiger partial charge on any atom is -0.491 e. The molecule has 2 amide bonds. The van der Waals surface area contributed by atoms with Crippen LogP contribution in [0.15, 0.2) is 24.3 Å². The number of hydrogen-bond acceptors (Lipinski definition) is 2. The Labute approximate surface area is 109 Å². The Kier molecular flexibility index (Phi) is 5.49. The van der Waals surface area contributed by atoms with Crippen molar-refractivity contribution < 1.29 is 9.53 Å². The first-order chi connectivity index (χ1) is 8.50. The fraction of sp³-hybridized carbons (Fsp3) is 0.500. The summed E-state index contributed by atoms with van der Waals surface area (Å²) in [6.07, 6.45) is 0. The van der Waals surface area contributed by atoms with Crippen molar-refractivity contribution in [1.29, 1.82) is 0 Å². The average molecular weight is 250 g/mol. The van der Waals surface area contributed by atoms with Crippen LogP contribution in [0.5, 0.6) is 5.75 Å². The summed E-state index contributed by atoms with van der Waals surface area (Å²) in [5.41, 5.74) is 1.10. The first-order valence-electron chi connectivity index (χ1n) is 6.20. The summed E-state index contributed by atoms with van der Waals surface area (Å²) in [4.78, 5) is 13.2. The van der Waals surface area contributed by atoms with Crippen LogP contribution in [0.1, 0.15) is 19.4 Å². The number of carbonyl (C=O) groups excluding carboxylic acids is 1. The third-order valence-electron chi connectivity index (χ3n) is 2.54. The second kappa shape index (κ2) is 6.89. The van der Waals surface area contributed by atoms with Gasteiger partial charge in [0.2, 0.25) is 0 Å². The fourth-order valence-electron chi connectivity index (χ4n) is 1.47. The Balaban J connectivity index is 2.34. The van der Waals surface area contributed by atoms with Crippen LogP contribution in [0.2, 0.25) is 0 Å². The zero-order chi connectivity index (χ0) is 13.5. The predicted molar refractivity (Wildman–Crippen MR) is 73.0 cm³/mol. The van der Waals surface area contributed by atoms with E-state index in [1.165, 1.54) is 0 Å². The van der Waals surface area contributed by atoms with E-state index in [4.69, 9.17) is 4.74 Å². The van der Waals surface area contributed by atoms with E-state index < -0.39 is 0 Å². The number of ether oxygens (including phenoxy) is 1. The molecule has 0 saturated carbocycles. The highest BCUT2D eigenvalue weighted by atomic mass is 16.5. The topological polar surface area (TPSA) is 41.6 Å². The molecule has 0 aromatic heterocycles. The van der Waals surface area contributed by atoms with E-state index >= 15 is 0 Å². The molecule has 0 saturated heterocycles. The molecule has 0 atom stereocenters. The van der Waals surface area contributed by atoms with Crippen molar-refractivity contribution in [2.45, 2.75) is 26.8 Å². The van der Waals surface area contributed by atoms with Crippen molar-refractivity contribution in [1.82, 2.24) is 10.2 Å². The minimum absolute atomic E-state index is 0.0709. The predicted octanol–water partition coefficient (Wildman–Crippen LogP) is 2.42. The second-order valence-electron chi connectivity index (χ2n) is 4.64. The van der Waals surface area contributed by atoms with Gasteiger partial charge in [-0.15, -0.1) is 0 Å². The largest absolute Gasteiger partial charge is 0.491 e. The molecule has 0 unspecified atom stereocenters. The van der Waals surface area contributed by atoms with Crippen LogP contribution in [-0.2, 0) is 0 Å². The number of aryl methyl sites for hydroxylation is 1. The third kappa shape index (κ3) is 4.65. The lowest BCUT2D eigenvalue weighted by Crippen LogP contribution is -2.42. The van der Waals surface area contributed by atoms with Gasteiger partial charge in [-0.05, 0) is 32.4 Å². The number of para-hydroxylation sites is 1. The Hall–Kier alpha value is -1.71. The van der Waals surface area contributed by atoms with Crippen LogP contribution in [0.4, 0.5) is 4.79 Å². The molecule has 0 bridgehead atoms. The molecule has 4 heteroatoms. The SMILES string of the molecule is Cc1ccccc1OCCN(C)C(=O)NC(C)C. The number of hydrogen-bond donors (Lipinski definition) is 1. The van der Waals surface area contributed by atoms with Gasteiger partial charge in [0.25, 0.3) is 0 Å². The number of rotatable bonds is 5. The first-order valence-corrected chi connectivity index (χ1v) is 6.20. The van der Waals surface area contributed by atoms with Crippen LogP contribution in [-0.4, -0.2) is 37.2 Å². The van der Waals surface area contributed by atoms with Gasteiger partial charge in [0.05, 0.1) is 6.54 Å². The molecule has 0 aliphatic carbocycles. The lowest BCUT2D eigenvalue weighted by Gasteiger charge is -2.20. The monoisotopic (exact) mass is 250 g/mol. The van der Waals surface area contributed by atoms with Crippen molar-refractivity contribution in [3.05, 3.63) is 29.8 Å².